The van der Waals surface area contributed by atoms with Gasteiger partial charge in [0.15, 0.2) is 0 Å². The molecule has 0 atom stereocenters. The van der Waals surface area contributed by atoms with E-state index in [1.54, 1.807) is 0 Å². The summed E-state index contributed by atoms with van der Waals surface area (Å²) < 4.78 is 1.14. The molecule has 0 saturated carbocycles. The third-order valence-corrected chi connectivity index (χ3v) is 4.56. The Kier molecular flexibility index (Phi) is 2.78. The van der Waals surface area contributed by atoms with E-state index in [-0.39, 0.29) is 0 Å². The molecule has 0 spiro atoms. The Labute approximate surface area is 126 Å². The first-order valence-electron chi connectivity index (χ1n) is 6.90. The van der Waals surface area contributed by atoms with Gasteiger partial charge in [0.1, 0.15) is 0 Å². The van der Waals surface area contributed by atoms with E-state index in [0.717, 1.165) is 17.3 Å². The van der Waals surface area contributed by atoms with Gasteiger partial charge >= 0.3 is 0 Å². The molecule has 2 aromatic carbocycles. The zero-order valence-corrected chi connectivity index (χ0v) is 12.6. The molecule has 0 bridgehead atoms. The molecule has 0 unspecified atom stereocenters. The molecule has 4 rings (SSSR count). The summed E-state index contributed by atoms with van der Waals surface area (Å²) in [5, 5.41) is 2.55. The van der Waals surface area contributed by atoms with Crippen LogP contribution in [0.5, 0.6) is 0 Å². The van der Waals surface area contributed by atoms with E-state index < -0.39 is 0 Å². The van der Waals surface area contributed by atoms with Gasteiger partial charge in [-0.1, -0.05) is 46.3 Å². The number of aromatic nitrogens is 1. The largest absolute Gasteiger partial charge is 0.354 e. The lowest BCUT2D eigenvalue weighted by atomic mass is 9.98. The lowest BCUT2D eigenvalue weighted by Crippen LogP contribution is -1.85. The van der Waals surface area contributed by atoms with E-state index in [1.807, 2.05) is 0 Å². The zero-order chi connectivity index (χ0) is 13.5. The van der Waals surface area contributed by atoms with Crippen LogP contribution in [0.25, 0.3) is 27.4 Å². The fourth-order valence-corrected chi connectivity index (χ4v) is 3.49. The average Bonchev–Trinajstić information content (AvgIpc) is 2.87. The van der Waals surface area contributed by atoms with Crippen molar-refractivity contribution in [1.82, 2.24) is 4.98 Å². The maximum atomic E-state index is 3.67. The van der Waals surface area contributed by atoms with Crippen molar-refractivity contribution in [1.29, 1.82) is 0 Å². The summed E-state index contributed by atoms with van der Waals surface area (Å²) in [6, 6.07) is 13.0. The summed E-state index contributed by atoms with van der Waals surface area (Å²) in [6.07, 6.45) is 9.11. The number of aromatic amines is 1. The van der Waals surface area contributed by atoms with Gasteiger partial charge in [-0.2, -0.15) is 0 Å². The maximum absolute atomic E-state index is 3.67. The molecule has 1 N–H and O–H groups in total. The number of halogens is 1. The van der Waals surface area contributed by atoms with E-state index in [9.17, 15) is 0 Å². The highest BCUT2D eigenvalue weighted by atomic mass is 79.9. The van der Waals surface area contributed by atoms with Gasteiger partial charge in [-0.3, -0.25) is 0 Å². The Morgan fingerprint density at radius 1 is 1.00 bits per heavy atom. The van der Waals surface area contributed by atoms with Crippen molar-refractivity contribution in [2.45, 2.75) is 12.8 Å². The second-order valence-electron chi connectivity index (χ2n) is 5.19. The molecule has 0 saturated heterocycles. The molecule has 1 nitrogen and oxygen atoms in total. The molecule has 1 aromatic heterocycles. The number of fused-ring (bicyclic) bond motifs is 3. The first-order chi connectivity index (χ1) is 9.83. The predicted octanol–water partition coefficient (Wildman–Crippen LogP) is 5.82. The summed E-state index contributed by atoms with van der Waals surface area (Å²) in [5.74, 6) is 0. The van der Waals surface area contributed by atoms with Crippen LogP contribution in [0.1, 0.15) is 18.4 Å². The molecule has 0 fully saturated rings. The van der Waals surface area contributed by atoms with Crippen molar-refractivity contribution >= 4 is 43.3 Å². The molecular weight excluding hydrogens is 310 g/mol. The first-order valence-corrected chi connectivity index (χ1v) is 7.69. The number of allylic oxidation sites excluding steroid dienone is 4. The fourth-order valence-electron chi connectivity index (χ4n) is 2.91. The van der Waals surface area contributed by atoms with Crippen LogP contribution in [0.4, 0.5) is 0 Å². The molecule has 98 valence electrons. The van der Waals surface area contributed by atoms with Gasteiger partial charge in [-0.15, -0.1) is 0 Å². The number of rotatable bonds is 1. The molecule has 0 aliphatic heterocycles. The molecule has 3 aromatic rings. The normalized spacial score (nSPS) is 14.9. The summed E-state index contributed by atoms with van der Waals surface area (Å²) in [4.78, 5) is 3.48. The van der Waals surface area contributed by atoms with Crippen molar-refractivity contribution in [3.05, 3.63) is 64.7 Å². The van der Waals surface area contributed by atoms with E-state index in [2.05, 4.69) is 75.5 Å². The topological polar surface area (TPSA) is 15.8 Å². The van der Waals surface area contributed by atoms with Crippen molar-refractivity contribution in [2.75, 3.05) is 0 Å². The third kappa shape index (κ3) is 1.83. The molecular formula is C18H14BrN. The highest BCUT2D eigenvalue weighted by Gasteiger charge is 2.09. The number of hydrogen-bond donors (Lipinski definition) is 1. The number of hydrogen-bond acceptors (Lipinski definition) is 0. The first kappa shape index (κ1) is 12.0. The Balaban J connectivity index is 2.00. The summed E-state index contributed by atoms with van der Waals surface area (Å²) in [5.41, 5.74) is 5.00. The minimum Gasteiger partial charge on any atom is -0.354 e. The number of H-pyrrole nitrogens is 1. The summed E-state index contributed by atoms with van der Waals surface area (Å²) in [6.45, 7) is 0. The van der Waals surface area contributed by atoms with Gasteiger partial charge < -0.3 is 4.98 Å². The van der Waals surface area contributed by atoms with Crippen molar-refractivity contribution in [3.63, 3.8) is 0 Å². The third-order valence-electron chi connectivity index (χ3n) is 3.90. The summed E-state index contributed by atoms with van der Waals surface area (Å²) in [7, 11) is 0. The van der Waals surface area contributed by atoms with Crippen LogP contribution in [0.15, 0.2) is 59.1 Å². The maximum Gasteiger partial charge on any atom is 0.0476 e. The lowest BCUT2D eigenvalue weighted by molar-refractivity contribution is 1.04. The fraction of sp³-hybridized carbons (Fsp3) is 0.111. The highest BCUT2D eigenvalue weighted by molar-refractivity contribution is 9.10. The highest BCUT2D eigenvalue weighted by Crippen LogP contribution is 2.33. The SMILES string of the molecule is Brc1cccc2[nH]c3ccc(C4=CCCC=C4)cc3c12. The van der Waals surface area contributed by atoms with Crippen LogP contribution in [0.2, 0.25) is 0 Å². The van der Waals surface area contributed by atoms with Gasteiger partial charge in [-0.05, 0) is 48.2 Å². The Bertz CT molecular complexity index is 868. The van der Waals surface area contributed by atoms with Crippen molar-refractivity contribution in [2.24, 2.45) is 0 Å². The van der Waals surface area contributed by atoms with E-state index in [4.69, 9.17) is 0 Å². The molecule has 1 aliphatic carbocycles. The van der Waals surface area contributed by atoms with Crippen LogP contribution >= 0.6 is 15.9 Å². The Morgan fingerprint density at radius 3 is 2.80 bits per heavy atom. The minimum absolute atomic E-state index is 1.14. The zero-order valence-electron chi connectivity index (χ0n) is 11.0. The van der Waals surface area contributed by atoms with Crippen LogP contribution < -0.4 is 0 Å². The van der Waals surface area contributed by atoms with E-state index in [1.165, 1.54) is 32.9 Å². The smallest absolute Gasteiger partial charge is 0.0476 e. The van der Waals surface area contributed by atoms with E-state index >= 15 is 0 Å². The molecule has 1 heterocycles. The lowest BCUT2D eigenvalue weighted by Gasteiger charge is -2.07. The Morgan fingerprint density at radius 2 is 1.95 bits per heavy atom. The quantitative estimate of drug-likeness (QED) is 0.581. The monoisotopic (exact) mass is 323 g/mol. The van der Waals surface area contributed by atoms with Crippen molar-refractivity contribution < 1.29 is 0 Å². The number of benzene rings is 2. The Hall–Kier alpha value is -1.80. The molecule has 1 aliphatic rings. The van der Waals surface area contributed by atoms with E-state index in [0.29, 0.717) is 0 Å². The van der Waals surface area contributed by atoms with Crippen LogP contribution in [-0.2, 0) is 0 Å². The van der Waals surface area contributed by atoms with Crippen LogP contribution in [0.3, 0.4) is 0 Å². The second kappa shape index (κ2) is 4.64. The van der Waals surface area contributed by atoms with Crippen molar-refractivity contribution in [3.8, 4) is 0 Å². The van der Waals surface area contributed by atoms with Gasteiger partial charge in [0.2, 0.25) is 0 Å². The molecule has 0 radical (unpaired) electrons. The van der Waals surface area contributed by atoms with Crippen LogP contribution in [-0.4, -0.2) is 4.98 Å². The molecule has 20 heavy (non-hydrogen) atoms. The number of nitrogens with one attached hydrogen (secondary N) is 1. The van der Waals surface area contributed by atoms with Gasteiger partial charge in [0, 0.05) is 26.3 Å². The van der Waals surface area contributed by atoms with Gasteiger partial charge in [-0.25, -0.2) is 0 Å². The predicted molar refractivity (Wildman–Crippen MR) is 89.9 cm³/mol. The molecule has 0 amide bonds. The molecule has 2 heteroatoms. The standard InChI is InChI=1S/C18H14BrN/c19-15-7-4-8-17-18(15)14-11-13(9-10-16(14)20-17)12-5-2-1-3-6-12/h2,4-11,20H,1,3H2. The van der Waals surface area contributed by atoms with Crippen LogP contribution in [0, 0.1) is 0 Å². The second-order valence-corrected chi connectivity index (χ2v) is 6.04. The summed E-state index contributed by atoms with van der Waals surface area (Å²) >= 11 is 3.67. The van der Waals surface area contributed by atoms with Gasteiger partial charge in [0.25, 0.3) is 0 Å². The minimum atomic E-state index is 1.14. The van der Waals surface area contributed by atoms with Gasteiger partial charge in [0.05, 0.1) is 0 Å². The average molecular weight is 324 g/mol.